The van der Waals surface area contributed by atoms with Crippen molar-refractivity contribution in [2.24, 2.45) is 5.92 Å². The highest BCUT2D eigenvalue weighted by Gasteiger charge is 2.30. The van der Waals surface area contributed by atoms with Gasteiger partial charge in [-0.3, -0.25) is 14.5 Å². The van der Waals surface area contributed by atoms with Gasteiger partial charge in [-0.1, -0.05) is 11.3 Å². The maximum atomic E-state index is 12.6. The molecule has 0 bridgehead atoms. The number of carbonyl (C=O) groups excluding carboxylic acids is 2. The number of hydrogen-bond donors (Lipinski definition) is 2. The third kappa shape index (κ3) is 4.69. The Morgan fingerprint density at radius 2 is 1.96 bits per heavy atom. The molecule has 1 aliphatic rings. The maximum absolute atomic E-state index is 12.6. The van der Waals surface area contributed by atoms with E-state index in [1.807, 2.05) is 20.8 Å². The Labute approximate surface area is 162 Å². The van der Waals surface area contributed by atoms with Crippen molar-refractivity contribution in [2.45, 2.75) is 45.7 Å². The Hall–Kier alpha value is -2.33. The molecule has 1 aliphatic heterocycles. The highest BCUT2D eigenvalue weighted by molar-refractivity contribution is 7.13. The van der Waals surface area contributed by atoms with E-state index in [0.717, 1.165) is 0 Å². The monoisotopic (exact) mass is 391 g/mol. The topological polar surface area (TPSA) is 105 Å². The standard InChI is InChI=1S/C17H25N7O2S/c1-11(2)24-14(4-7-19-24)20-15(25)12(3)23-8-5-13(6-9-23)16(26)21-17-22-18-10-27-17/h4,7,10-13H,5-6,8-9H2,1-3H3,(H,20,25)(H,21,22,26)/t12-/m0/s1. The lowest BCUT2D eigenvalue weighted by molar-refractivity contribution is -0.123. The van der Waals surface area contributed by atoms with Crippen LogP contribution < -0.4 is 10.6 Å². The predicted octanol–water partition coefficient (Wildman–Crippen LogP) is 1.99. The Morgan fingerprint density at radius 3 is 2.59 bits per heavy atom. The third-order valence-electron chi connectivity index (χ3n) is 4.83. The molecule has 0 aliphatic carbocycles. The van der Waals surface area contributed by atoms with E-state index in [1.165, 1.54) is 11.3 Å². The molecule has 3 rings (SSSR count). The van der Waals surface area contributed by atoms with Gasteiger partial charge in [-0.25, -0.2) is 4.68 Å². The van der Waals surface area contributed by atoms with Gasteiger partial charge in [0.2, 0.25) is 16.9 Å². The summed E-state index contributed by atoms with van der Waals surface area (Å²) < 4.78 is 1.79. The molecule has 0 saturated carbocycles. The summed E-state index contributed by atoms with van der Waals surface area (Å²) in [7, 11) is 0. The summed E-state index contributed by atoms with van der Waals surface area (Å²) in [5.74, 6) is 0.550. The zero-order chi connectivity index (χ0) is 19.4. The molecule has 1 saturated heterocycles. The van der Waals surface area contributed by atoms with Crippen LogP contribution in [-0.4, -0.2) is 55.8 Å². The highest BCUT2D eigenvalue weighted by Crippen LogP contribution is 2.22. The fourth-order valence-corrected chi connectivity index (χ4v) is 3.65. The van der Waals surface area contributed by atoms with Crippen molar-refractivity contribution >= 4 is 34.1 Å². The Bertz CT molecular complexity index is 766. The Morgan fingerprint density at radius 1 is 1.22 bits per heavy atom. The van der Waals surface area contributed by atoms with Crippen LogP contribution in [0.3, 0.4) is 0 Å². The van der Waals surface area contributed by atoms with Gasteiger partial charge < -0.3 is 10.6 Å². The van der Waals surface area contributed by atoms with Crippen molar-refractivity contribution in [3.63, 3.8) is 0 Å². The lowest BCUT2D eigenvalue weighted by atomic mass is 9.95. The van der Waals surface area contributed by atoms with Crippen LogP contribution in [0.2, 0.25) is 0 Å². The molecular weight excluding hydrogens is 366 g/mol. The molecule has 2 N–H and O–H groups in total. The van der Waals surface area contributed by atoms with Gasteiger partial charge in [0.25, 0.3) is 0 Å². The number of nitrogens with zero attached hydrogens (tertiary/aromatic N) is 5. The molecule has 3 heterocycles. The van der Waals surface area contributed by atoms with Gasteiger partial charge in [0, 0.05) is 18.0 Å². The molecule has 2 aromatic rings. The normalized spacial score (nSPS) is 17.0. The molecule has 0 spiro atoms. The molecule has 9 nitrogen and oxygen atoms in total. The second kappa shape index (κ2) is 8.57. The van der Waals surface area contributed by atoms with Gasteiger partial charge >= 0.3 is 0 Å². The lowest BCUT2D eigenvalue weighted by Gasteiger charge is -2.34. The fraction of sp³-hybridized carbons (Fsp3) is 0.588. The summed E-state index contributed by atoms with van der Waals surface area (Å²) in [6.45, 7) is 7.33. The Kier molecular flexibility index (Phi) is 6.17. The van der Waals surface area contributed by atoms with Crippen molar-refractivity contribution in [3.05, 3.63) is 17.8 Å². The number of anilines is 2. The summed E-state index contributed by atoms with van der Waals surface area (Å²) in [6.07, 6.45) is 3.11. The molecule has 10 heteroatoms. The smallest absolute Gasteiger partial charge is 0.242 e. The van der Waals surface area contributed by atoms with E-state index in [-0.39, 0.29) is 29.8 Å². The van der Waals surface area contributed by atoms with E-state index in [1.54, 1.807) is 22.5 Å². The van der Waals surface area contributed by atoms with Crippen LogP contribution in [0, 0.1) is 5.92 Å². The first kappa shape index (κ1) is 19.4. The summed E-state index contributed by atoms with van der Waals surface area (Å²) in [4.78, 5) is 27.0. The van der Waals surface area contributed by atoms with Crippen molar-refractivity contribution in [3.8, 4) is 0 Å². The van der Waals surface area contributed by atoms with Crippen molar-refractivity contribution < 1.29 is 9.59 Å². The zero-order valence-electron chi connectivity index (χ0n) is 15.8. The first-order valence-electron chi connectivity index (χ1n) is 9.11. The largest absolute Gasteiger partial charge is 0.310 e. The fourth-order valence-electron chi connectivity index (χ4n) is 3.21. The predicted molar refractivity (Wildman–Crippen MR) is 104 cm³/mol. The zero-order valence-corrected chi connectivity index (χ0v) is 16.6. The average Bonchev–Trinajstić information content (AvgIpc) is 3.33. The van der Waals surface area contributed by atoms with Crippen molar-refractivity contribution in [1.82, 2.24) is 24.9 Å². The molecule has 0 aromatic carbocycles. The Balaban J connectivity index is 1.50. The van der Waals surface area contributed by atoms with E-state index in [0.29, 0.717) is 36.9 Å². The number of likely N-dealkylation sites (tertiary alicyclic amines) is 1. The van der Waals surface area contributed by atoms with Gasteiger partial charge in [0.15, 0.2) is 0 Å². The van der Waals surface area contributed by atoms with Crippen LogP contribution in [0.1, 0.15) is 39.7 Å². The van der Waals surface area contributed by atoms with E-state index >= 15 is 0 Å². The molecule has 1 atom stereocenters. The number of rotatable bonds is 6. The van der Waals surface area contributed by atoms with Crippen LogP contribution in [0.15, 0.2) is 17.8 Å². The molecular formula is C17H25N7O2S. The first-order chi connectivity index (χ1) is 13.0. The van der Waals surface area contributed by atoms with Crippen LogP contribution in [0.5, 0.6) is 0 Å². The molecule has 0 unspecified atom stereocenters. The quantitative estimate of drug-likeness (QED) is 0.780. The SMILES string of the molecule is CC(C)n1nccc1NC(=O)[C@H](C)N1CCC(C(=O)Nc2nncs2)CC1. The van der Waals surface area contributed by atoms with E-state index in [4.69, 9.17) is 0 Å². The molecule has 2 aromatic heterocycles. The third-order valence-corrected chi connectivity index (χ3v) is 5.44. The van der Waals surface area contributed by atoms with Crippen LogP contribution >= 0.6 is 11.3 Å². The minimum absolute atomic E-state index is 0.0238. The van der Waals surface area contributed by atoms with Crippen molar-refractivity contribution in [1.29, 1.82) is 0 Å². The molecule has 146 valence electrons. The minimum Gasteiger partial charge on any atom is -0.310 e. The van der Waals surface area contributed by atoms with E-state index in [2.05, 4.69) is 30.8 Å². The summed E-state index contributed by atoms with van der Waals surface area (Å²) in [6, 6.07) is 1.70. The lowest BCUT2D eigenvalue weighted by Crippen LogP contribution is -2.47. The average molecular weight is 392 g/mol. The van der Waals surface area contributed by atoms with Gasteiger partial charge in [0.05, 0.1) is 12.2 Å². The number of carbonyl (C=O) groups is 2. The van der Waals surface area contributed by atoms with E-state index in [9.17, 15) is 9.59 Å². The van der Waals surface area contributed by atoms with Crippen LogP contribution in [-0.2, 0) is 9.59 Å². The van der Waals surface area contributed by atoms with Gasteiger partial charge in [-0.15, -0.1) is 10.2 Å². The minimum atomic E-state index is -0.271. The van der Waals surface area contributed by atoms with Gasteiger partial charge in [0.1, 0.15) is 11.3 Å². The second-order valence-corrected chi connectivity index (χ2v) is 7.80. The van der Waals surface area contributed by atoms with E-state index < -0.39 is 0 Å². The second-order valence-electron chi connectivity index (χ2n) is 6.96. The number of hydrogen-bond acceptors (Lipinski definition) is 7. The number of aromatic nitrogens is 4. The number of piperidine rings is 1. The molecule has 2 amide bonds. The molecule has 0 radical (unpaired) electrons. The highest BCUT2D eigenvalue weighted by atomic mass is 32.1. The van der Waals surface area contributed by atoms with Gasteiger partial charge in [-0.05, 0) is 46.7 Å². The van der Waals surface area contributed by atoms with Crippen molar-refractivity contribution in [2.75, 3.05) is 23.7 Å². The molecule has 27 heavy (non-hydrogen) atoms. The molecule has 1 fully saturated rings. The van der Waals surface area contributed by atoms with Crippen LogP contribution in [0.4, 0.5) is 10.9 Å². The first-order valence-corrected chi connectivity index (χ1v) is 9.99. The van der Waals surface area contributed by atoms with Gasteiger partial charge in [-0.2, -0.15) is 5.10 Å². The summed E-state index contributed by atoms with van der Waals surface area (Å²) >= 11 is 1.30. The summed E-state index contributed by atoms with van der Waals surface area (Å²) in [5, 5.41) is 18.1. The summed E-state index contributed by atoms with van der Waals surface area (Å²) in [5.41, 5.74) is 1.59. The van der Waals surface area contributed by atoms with Crippen LogP contribution in [0.25, 0.3) is 0 Å². The number of amides is 2. The number of nitrogens with one attached hydrogen (secondary N) is 2. The maximum Gasteiger partial charge on any atom is 0.242 e.